The highest BCUT2D eigenvalue weighted by Gasteiger charge is 2.07. The summed E-state index contributed by atoms with van der Waals surface area (Å²) in [7, 11) is 1.44. The zero-order valence-electron chi connectivity index (χ0n) is 9.74. The Hall–Kier alpha value is -1.82. The van der Waals surface area contributed by atoms with E-state index in [9.17, 15) is 4.79 Å². The quantitative estimate of drug-likeness (QED) is 0.908. The van der Waals surface area contributed by atoms with E-state index in [4.69, 9.17) is 4.74 Å². The number of methoxy groups -OCH3 is 1. The van der Waals surface area contributed by atoms with E-state index in [1.54, 1.807) is 0 Å². The van der Waals surface area contributed by atoms with Gasteiger partial charge in [-0.05, 0) is 17.7 Å². The van der Waals surface area contributed by atoms with Crippen LogP contribution in [0.2, 0.25) is 0 Å². The Morgan fingerprint density at radius 1 is 1.39 bits per heavy atom. The minimum absolute atomic E-state index is 0.189. The molecule has 1 aromatic carbocycles. The minimum atomic E-state index is -0.300. The maximum Gasteiger partial charge on any atom is 0.295 e. The minimum Gasteiger partial charge on any atom is -0.489 e. The maximum atomic E-state index is 11.5. The Balaban J connectivity index is 2.13. The number of hydrogen-bond donors (Lipinski definition) is 2. The van der Waals surface area contributed by atoms with Crippen LogP contribution in [0.4, 0.5) is 5.82 Å². The maximum absolute atomic E-state index is 11.5. The van der Waals surface area contributed by atoms with Gasteiger partial charge in [0.05, 0.1) is 13.4 Å². The third-order valence-electron chi connectivity index (χ3n) is 2.39. The van der Waals surface area contributed by atoms with Crippen LogP contribution < -0.4 is 15.6 Å². The van der Waals surface area contributed by atoms with Crippen molar-refractivity contribution in [2.24, 2.45) is 0 Å². The van der Waals surface area contributed by atoms with Crippen LogP contribution in [0.25, 0.3) is 0 Å². The van der Waals surface area contributed by atoms with Crippen molar-refractivity contribution in [1.29, 1.82) is 0 Å². The van der Waals surface area contributed by atoms with Crippen molar-refractivity contribution in [3.8, 4) is 5.75 Å². The van der Waals surface area contributed by atoms with Crippen molar-refractivity contribution in [3.63, 3.8) is 0 Å². The summed E-state index contributed by atoms with van der Waals surface area (Å²) in [6, 6.07) is 7.88. The van der Waals surface area contributed by atoms with Gasteiger partial charge in [-0.3, -0.25) is 4.79 Å². The third kappa shape index (κ3) is 2.89. The normalized spacial score (nSPS) is 10.1. The van der Waals surface area contributed by atoms with Crippen molar-refractivity contribution in [1.82, 2.24) is 9.97 Å². The first kappa shape index (κ1) is 12.6. The summed E-state index contributed by atoms with van der Waals surface area (Å²) in [6.45, 7) is 0.570. The number of anilines is 1. The highest BCUT2D eigenvalue weighted by Crippen LogP contribution is 2.16. The standard InChI is InChI=1S/C12H12BrN3O2/c1-18-10-11(15-7-16-12(10)17)14-6-8-2-4-9(13)5-3-8/h2-5,7H,6H2,1H3,(H2,14,15,16,17). The number of rotatable bonds is 4. The van der Waals surface area contributed by atoms with Gasteiger partial charge >= 0.3 is 0 Å². The van der Waals surface area contributed by atoms with Gasteiger partial charge in [-0.15, -0.1) is 0 Å². The molecule has 1 heterocycles. The average molecular weight is 310 g/mol. The molecule has 2 rings (SSSR count). The van der Waals surface area contributed by atoms with Gasteiger partial charge in [0, 0.05) is 11.0 Å². The Labute approximate surface area is 112 Å². The first-order valence-electron chi connectivity index (χ1n) is 5.30. The molecule has 0 fully saturated rings. The summed E-state index contributed by atoms with van der Waals surface area (Å²) >= 11 is 3.38. The fourth-order valence-corrected chi connectivity index (χ4v) is 1.75. The molecule has 0 unspecified atom stereocenters. The van der Waals surface area contributed by atoms with E-state index < -0.39 is 0 Å². The van der Waals surface area contributed by atoms with Gasteiger partial charge in [0.15, 0.2) is 5.82 Å². The molecule has 2 aromatic rings. The van der Waals surface area contributed by atoms with Crippen molar-refractivity contribution < 1.29 is 4.74 Å². The van der Waals surface area contributed by atoms with Crippen LogP contribution in [0, 0.1) is 0 Å². The molecule has 6 heteroatoms. The molecule has 0 aliphatic carbocycles. The molecule has 0 bridgehead atoms. The summed E-state index contributed by atoms with van der Waals surface area (Å²) in [6.07, 6.45) is 1.34. The summed E-state index contributed by atoms with van der Waals surface area (Å²) in [5.74, 6) is 0.624. The summed E-state index contributed by atoms with van der Waals surface area (Å²) in [4.78, 5) is 18.0. The molecule has 0 aliphatic rings. The van der Waals surface area contributed by atoms with Crippen LogP contribution in [-0.4, -0.2) is 17.1 Å². The lowest BCUT2D eigenvalue weighted by Crippen LogP contribution is -2.14. The van der Waals surface area contributed by atoms with E-state index in [1.807, 2.05) is 24.3 Å². The molecule has 0 amide bonds. The third-order valence-corrected chi connectivity index (χ3v) is 2.92. The van der Waals surface area contributed by atoms with E-state index >= 15 is 0 Å². The van der Waals surface area contributed by atoms with Gasteiger partial charge < -0.3 is 15.0 Å². The average Bonchev–Trinajstić information content (AvgIpc) is 2.38. The van der Waals surface area contributed by atoms with E-state index in [1.165, 1.54) is 13.4 Å². The highest BCUT2D eigenvalue weighted by molar-refractivity contribution is 9.10. The van der Waals surface area contributed by atoms with Crippen LogP contribution in [0.5, 0.6) is 5.75 Å². The van der Waals surface area contributed by atoms with Crippen LogP contribution in [-0.2, 0) is 6.54 Å². The lowest BCUT2D eigenvalue weighted by Gasteiger charge is -2.08. The predicted octanol–water partition coefficient (Wildman–Crippen LogP) is 2.15. The van der Waals surface area contributed by atoms with Crippen LogP contribution in [0.15, 0.2) is 39.9 Å². The molecule has 0 aliphatic heterocycles. The van der Waals surface area contributed by atoms with Crippen molar-refractivity contribution in [2.75, 3.05) is 12.4 Å². The first-order valence-corrected chi connectivity index (χ1v) is 6.10. The van der Waals surface area contributed by atoms with Gasteiger partial charge in [-0.25, -0.2) is 4.98 Å². The number of hydrogen-bond acceptors (Lipinski definition) is 4. The molecule has 0 atom stereocenters. The van der Waals surface area contributed by atoms with Crippen LogP contribution in [0.3, 0.4) is 0 Å². The molecule has 0 spiro atoms. The Morgan fingerprint density at radius 3 is 2.78 bits per heavy atom. The molecule has 18 heavy (non-hydrogen) atoms. The Kier molecular flexibility index (Phi) is 3.99. The molecular formula is C12H12BrN3O2. The van der Waals surface area contributed by atoms with Gasteiger partial charge in [0.1, 0.15) is 0 Å². The van der Waals surface area contributed by atoms with Gasteiger partial charge in [-0.2, -0.15) is 0 Å². The molecule has 94 valence electrons. The SMILES string of the molecule is COc1c(NCc2ccc(Br)cc2)nc[nH]c1=O. The van der Waals surface area contributed by atoms with E-state index in [2.05, 4.69) is 31.2 Å². The van der Waals surface area contributed by atoms with E-state index in [0.29, 0.717) is 12.4 Å². The number of halogens is 1. The molecule has 2 N–H and O–H groups in total. The van der Waals surface area contributed by atoms with E-state index in [-0.39, 0.29) is 11.3 Å². The zero-order valence-corrected chi connectivity index (χ0v) is 11.3. The smallest absolute Gasteiger partial charge is 0.295 e. The van der Waals surface area contributed by atoms with Gasteiger partial charge in [-0.1, -0.05) is 28.1 Å². The summed E-state index contributed by atoms with van der Waals surface area (Å²) < 4.78 is 6.03. The van der Waals surface area contributed by atoms with Crippen molar-refractivity contribution >= 4 is 21.7 Å². The topological polar surface area (TPSA) is 67.0 Å². The number of H-pyrrole nitrogens is 1. The number of nitrogens with one attached hydrogen (secondary N) is 2. The number of ether oxygens (including phenoxy) is 1. The Morgan fingerprint density at radius 2 is 2.11 bits per heavy atom. The molecule has 5 nitrogen and oxygen atoms in total. The number of aromatic amines is 1. The second-order valence-corrected chi connectivity index (χ2v) is 4.51. The predicted molar refractivity (Wildman–Crippen MR) is 72.9 cm³/mol. The lowest BCUT2D eigenvalue weighted by molar-refractivity contribution is 0.408. The molecule has 0 radical (unpaired) electrons. The van der Waals surface area contributed by atoms with E-state index in [0.717, 1.165) is 10.0 Å². The Bertz CT molecular complexity index is 581. The fraction of sp³-hybridized carbons (Fsp3) is 0.167. The van der Waals surface area contributed by atoms with Gasteiger partial charge in [0.2, 0.25) is 5.75 Å². The van der Waals surface area contributed by atoms with Crippen molar-refractivity contribution in [2.45, 2.75) is 6.54 Å². The lowest BCUT2D eigenvalue weighted by atomic mass is 10.2. The number of aromatic nitrogens is 2. The number of benzene rings is 1. The van der Waals surface area contributed by atoms with Gasteiger partial charge in [0.25, 0.3) is 5.56 Å². The van der Waals surface area contributed by atoms with Crippen LogP contribution in [0.1, 0.15) is 5.56 Å². The summed E-state index contributed by atoms with van der Waals surface area (Å²) in [5, 5.41) is 3.07. The second kappa shape index (κ2) is 5.68. The zero-order chi connectivity index (χ0) is 13.0. The molecule has 0 saturated heterocycles. The number of nitrogens with zero attached hydrogens (tertiary/aromatic N) is 1. The second-order valence-electron chi connectivity index (χ2n) is 3.59. The monoisotopic (exact) mass is 309 g/mol. The molecule has 1 aromatic heterocycles. The van der Waals surface area contributed by atoms with Crippen LogP contribution >= 0.6 is 15.9 Å². The highest BCUT2D eigenvalue weighted by atomic mass is 79.9. The van der Waals surface area contributed by atoms with Crippen molar-refractivity contribution in [3.05, 3.63) is 51.0 Å². The molecule has 0 saturated carbocycles. The first-order chi connectivity index (χ1) is 8.70. The fourth-order valence-electron chi connectivity index (χ4n) is 1.49. The summed E-state index contributed by atoms with van der Waals surface area (Å²) in [5.41, 5.74) is 0.785. The largest absolute Gasteiger partial charge is 0.489 e. The molecular weight excluding hydrogens is 298 g/mol.